The van der Waals surface area contributed by atoms with Gasteiger partial charge in [-0.15, -0.1) is 0 Å². The normalized spacial score (nSPS) is 11.4. The van der Waals surface area contributed by atoms with Gasteiger partial charge in [-0.2, -0.15) is 0 Å². The summed E-state index contributed by atoms with van der Waals surface area (Å²) in [6, 6.07) is 0. The maximum absolute atomic E-state index is 8.48. The molecule has 0 aromatic carbocycles. The van der Waals surface area contributed by atoms with Gasteiger partial charge in [-0.05, 0) is 16.8 Å². The fourth-order valence-electron chi connectivity index (χ4n) is 0.412. The predicted octanol–water partition coefficient (Wildman–Crippen LogP) is -5.73. The second-order valence-corrected chi connectivity index (χ2v) is 2.64. The van der Waals surface area contributed by atoms with Gasteiger partial charge in [-0.3, -0.25) is 10.4 Å². The summed E-state index contributed by atoms with van der Waals surface area (Å²) >= 11 is 1.42. The fraction of sp³-hybridized carbons (Fsp3) is 0.600. The summed E-state index contributed by atoms with van der Waals surface area (Å²) in [5.41, 5.74) is 2.28. The Morgan fingerprint density at radius 2 is 2.50 bits per heavy atom. The van der Waals surface area contributed by atoms with Gasteiger partial charge in [0.25, 0.3) is 0 Å². The van der Waals surface area contributed by atoms with Crippen LogP contribution in [0.25, 0.3) is 0 Å². The molecule has 0 amide bonds. The average molecular weight is 257 g/mol. The van der Waals surface area contributed by atoms with E-state index in [1.165, 1.54) is 18.1 Å². The van der Waals surface area contributed by atoms with Crippen LogP contribution in [0.4, 0.5) is 0 Å². The molecule has 0 atom stereocenters. The minimum atomic E-state index is 0. The van der Waals surface area contributed by atoms with Gasteiger partial charge in [0.1, 0.15) is 0 Å². The highest BCUT2D eigenvalue weighted by Gasteiger charge is 2.02. The van der Waals surface area contributed by atoms with Gasteiger partial charge in [-0.25, -0.2) is 5.84 Å². The van der Waals surface area contributed by atoms with Crippen molar-refractivity contribution in [3.8, 4) is 0 Å². The Labute approximate surface area is 86.3 Å². The van der Waals surface area contributed by atoms with E-state index >= 15 is 0 Å². The van der Waals surface area contributed by atoms with Crippen molar-refractivity contribution >= 4 is 23.3 Å². The van der Waals surface area contributed by atoms with Crippen LogP contribution in [-0.4, -0.2) is 36.0 Å². The van der Waals surface area contributed by atoms with Crippen LogP contribution >= 0.6 is 11.8 Å². The maximum Gasteiger partial charge on any atom is 0.353 e. The number of hydrazine groups is 1. The minimum absolute atomic E-state index is 0. The van der Waals surface area contributed by atoms with E-state index in [1.807, 2.05) is 0 Å². The molecule has 0 aromatic rings. The second kappa shape index (κ2) is 10.9. The van der Waals surface area contributed by atoms with Crippen LogP contribution in [-0.2, 0) is 0 Å². The van der Waals surface area contributed by atoms with Gasteiger partial charge < -0.3 is 22.1 Å². The lowest BCUT2D eigenvalue weighted by Gasteiger charge is -1.88. The van der Waals surface area contributed by atoms with Gasteiger partial charge in [0.2, 0.25) is 6.34 Å². The Morgan fingerprint density at radius 3 is 2.92 bits per heavy atom. The molecule has 7 heteroatoms. The lowest BCUT2D eigenvalue weighted by molar-refractivity contribution is -0.417. The third kappa shape index (κ3) is 7.99. The Kier molecular flexibility index (Phi) is 13.1. The Morgan fingerprint density at radius 1 is 1.83 bits per heavy atom. The number of thioether (sulfide) groups is 1. The van der Waals surface area contributed by atoms with Crippen LogP contribution in [0.2, 0.25) is 0 Å². The second-order valence-electron chi connectivity index (χ2n) is 1.55. The number of nitrogens with zero attached hydrogens (tertiary/aromatic N) is 1. The van der Waals surface area contributed by atoms with Gasteiger partial charge in [-0.1, -0.05) is 0 Å². The highest BCUT2D eigenvalue weighted by molar-refractivity contribution is 8.13. The SMILES string of the molecule is C[NH+]=C(/N=C/NN)SCCO.[Br-]. The number of hydrogen-bond acceptors (Lipinski definition) is 3. The zero-order valence-electron chi connectivity index (χ0n) is 6.75. The fourth-order valence-corrected chi connectivity index (χ4v) is 0.968. The topological polar surface area (TPSA) is 84.6 Å². The largest absolute Gasteiger partial charge is 1.00 e. The van der Waals surface area contributed by atoms with Gasteiger partial charge in [0.05, 0.1) is 13.7 Å². The van der Waals surface area contributed by atoms with E-state index < -0.39 is 0 Å². The van der Waals surface area contributed by atoms with Crippen molar-refractivity contribution in [2.24, 2.45) is 10.8 Å². The third-order valence-electron chi connectivity index (χ3n) is 0.800. The quantitative estimate of drug-likeness (QED) is 0.176. The number of aliphatic hydroxyl groups is 1. The first-order valence-corrected chi connectivity index (χ1v) is 4.10. The molecule has 0 saturated heterocycles. The van der Waals surface area contributed by atoms with E-state index in [0.29, 0.717) is 5.75 Å². The first-order valence-electron chi connectivity index (χ1n) is 3.12. The molecule has 0 aliphatic rings. The molecule has 0 radical (unpaired) electrons. The highest BCUT2D eigenvalue weighted by atomic mass is 79.9. The number of hydrogen-bond donors (Lipinski definition) is 4. The molecule has 0 aliphatic carbocycles. The average Bonchev–Trinajstić information content (AvgIpc) is 2.05. The van der Waals surface area contributed by atoms with Crippen molar-refractivity contribution in [1.82, 2.24) is 5.43 Å². The zero-order chi connectivity index (χ0) is 8.53. The van der Waals surface area contributed by atoms with E-state index in [2.05, 4.69) is 15.4 Å². The molecule has 0 spiro atoms. The Balaban J connectivity index is 0. The van der Waals surface area contributed by atoms with E-state index in [0.717, 1.165) is 5.17 Å². The molecule has 0 heterocycles. The number of nitrogens with one attached hydrogen (secondary N) is 2. The number of halogens is 1. The molecule has 5 N–H and O–H groups in total. The van der Waals surface area contributed by atoms with Crippen LogP contribution in [0, 0.1) is 0 Å². The molecule has 5 nitrogen and oxygen atoms in total. The maximum atomic E-state index is 8.48. The summed E-state index contributed by atoms with van der Waals surface area (Å²) in [6.45, 7) is 0.140. The van der Waals surface area contributed by atoms with Crippen LogP contribution in [0.5, 0.6) is 0 Å². The van der Waals surface area contributed by atoms with E-state index in [9.17, 15) is 0 Å². The molecule has 0 aliphatic heterocycles. The number of aliphatic imine (C=N–C) groups is 1. The molecule has 0 unspecified atom stereocenters. The monoisotopic (exact) mass is 256 g/mol. The summed E-state index contributed by atoms with van der Waals surface area (Å²) < 4.78 is 0. The molecule has 12 heavy (non-hydrogen) atoms. The van der Waals surface area contributed by atoms with Crippen molar-refractivity contribution < 1.29 is 27.1 Å². The first-order chi connectivity index (χ1) is 5.35. The summed E-state index contributed by atoms with van der Waals surface area (Å²) in [6.07, 6.45) is 1.37. The number of aliphatic hydroxyl groups excluding tert-OH is 1. The van der Waals surface area contributed by atoms with Crippen LogP contribution < -0.4 is 33.2 Å². The van der Waals surface area contributed by atoms with Gasteiger partial charge in [0.15, 0.2) is 0 Å². The molecule has 0 aromatic heterocycles. The standard InChI is InChI=1S/C5H12N4OS.BrH/c1-7-5(8-4-9-6)11-3-2-10;/h4,10H,2-3,6H2,1H3,(H,7,8,9);1H. The highest BCUT2D eigenvalue weighted by Crippen LogP contribution is 1.97. The van der Waals surface area contributed by atoms with Crippen molar-refractivity contribution in [2.45, 2.75) is 0 Å². The molecule has 72 valence electrons. The van der Waals surface area contributed by atoms with Crippen molar-refractivity contribution in [1.29, 1.82) is 0 Å². The van der Waals surface area contributed by atoms with Gasteiger partial charge in [0, 0.05) is 5.75 Å². The predicted molar refractivity (Wildman–Crippen MR) is 47.3 cm³/mol. The Hall–Kier alpha value is -0.110. The molecule has 0 fully saturated rings. The molecule has 0 bridgehead atoms. The third-order valence-corrected chi connectivity index (χ3v) is 1.77. The first kappa shape index (κ1) is 14.4. The molecular weight excluding hydrogens is 244 g/mol. The van der Waals surface area contributed by atoms with E-state index in [4.69, 9.17) is 10.9 Å². The van der Waals surface area contributed by atoms with Crippen LogP contribution in [0.3, 0.4) is 0 Å². The minimum Gasteiger partial charge on any atom is -1.00 e. The van der Waals surface area contributed by atoms with Crippen molar-refractivity contribution in [3.63, 3.8) is 0 Å². The summed E-state index contributed by atoms with van der Waals surface area (Å²) in [5, 5.41) is 9.20. The van der Waals surface area contributed by atoms with E-state index in [-0.39, 0.29) is 23.6 Å². The summed E-state index contributed by atoms with van der Waals surface area (Å²) in [7, 11) is 1.76. The van der Waals surface area contributed by atoms with Crippen LogP contribution in [0.15, 0.2) is 4.99 Å². The molecular formula is C5H13BrN4OS. The van der Waals surface area contributed by atoms with Gasteiger partial charge >= 0.3 is 5.17 Å². The Bertz CT molecular complexity index is 152. The summed E-state index contributed by atoms with van der Waals surface area (Å²) in [5.74, 6) is 5.58. The number of amidine groups is 1. The number of nitrogens with two attached hydrogens (primary N) is 1. The number of rotatable bonds is 3. The smallest absolute Gasteiger partial charge is 0.353 e. The van der Waals surface area contributed by atoms with Crippen molar-refractivity contribution in [2.75, 3.05) is 19.4 Å². The lowest BCUT2D eigenvalue weighted by atomic mass is 10.9. The van der Waals surface area contributed by atoms with Crippen LogP contribution in [0.1, 0.15) is 0 Å². The molecule has 0 rings (SSSR count). The van der Waals surface area contributed by atoms with Crippen molar-refractivity contribution in [3.05, 3.63) is 0 Å². The zero-order valence-corrected chi connectivity index (χ0v) is 9.15. The summed E-state index contributed by atoms with van der Waals surface area (Å²) in [4.78, 5) is 6.74. The van der Waals surface area contributed by atoms with E-state index in [1.54, 1.807) is 7.05 Å². The molecule has 0 saturated carbocycles. The lowest BCUT2D eigenvalue weighted by Crippen LogP contribution is -3.00.